The lowest BCUT2D eigenvalue weighted by Gasteiger charge is -2.33. The molecule has 1 aliphatic heterocycles. The number of primary amides is 1. The fraction of sp³-hybridized carbons (Fsp3) is 0.344. The third-order valence-corrected chi connectivity index (χ3v) is 9.56. The van der Waals surface area contributed by atoms with Crippen LogP contribution in [0.1, 0.15) is 41.6 Å². The van der Waals surface area contributed by atoms with Crippen molar-refractivity contribution in [3.63, 3.8) is 0 Å². The average Bonchev–Trinajstić information content (AvgIpc) is 3.76. The van der Waals surface area contributed by atoms with Crippen LogP contribution in [0.5, 0.6) is 5.75 Å². The number of hydrogen-bond donors (Lipinski definition) is 1. The van der Waals surface area contributed by atoms with Crippen molar-refractivity contribution in [2.45, 2.75) is 32.9 Å². The summed E-state index contributed by atoms with van der Waals surface area (Å²) in [6.07, 6.45) is 6.49. The summed E-state index contributed by atoms with van der Waals surface area (Å²) in [5.74, 6) is -0.116. The lowest BCUT2D eigenvalue weighted by molar-refractivity contribution is 0.0998. The molecule has 2 N–H and O–H groups in total. The summed E-state index contributed by atoms with van der Waals surface area (Å²) in [6, 6.07) is 15.5. The number of hydrogen-bond acceptors (Lipinski definition) is 7. The second-order valence-corrected chi connectivity index (χ2v) is 12.3. The molecule has 9 nitrogen and oxygen atoms in total. The Morgan fingerprint density at radius 3 is 2.63 bits per heavy atom. The Labute approximate surface area is 260 Å². The number of carbonyl (C=O) groups is 1. The number of thiophene rings is 1. The van der Waals surface area contributed by atoms with Gasteiger partial charge in [0, 0.05) is 61.1 Å². The molecule has 43 heavy (non-hydrogen) atoms. The van der Waals surface area contributed by atoms with Gasteiger partial charge in [-0.05, 0) is 50.2 Å². The van der Waals surface area contributed by atoms with Crippen LogP contribution in [-0.2, 0) is 6.54 Å². The van der Waals surface area contributed by atoms with Crippen molar-refractivity contribution < 1.29 is 9.53 Å². The van der Waals surface area contributed by atoms with E-state index in [0.29, 0.717) is 15.6 Å². The minimum atomic E-state index is -0.541. The van der Waals surface area contributed by atoms with Gasteiger partial charge >= 0.3 is 0 Å². The zero-order valence-corrected chi connectivity index (χ0v) is 26.0. The molecule has 1 saturated heterocycles. The van der Waals surface area contributed by atoms with Gasteiger partial charge in [0.05, 0.1) is 17.2 Å². The van der Waals surface area contributed by atoms with Gasteiger partial charge in [-0.15, -0.1) is 11.3 Å². The molecule has 224 valence electrons. The number of amides is 1. The van der Waals surface area contributed by atoms with Crippen molar-refractivity contribution in [1.29, 1.82) is 0 Å². The number of aryl methyl sites for hydroxylation is 1. The topological polar surface area (TPSA) is 94.4 Å². The van der Waals surface area contributed by atoms with Crippen LogP contribution in [0.25, 0.3) is 27.2 Å². The fourth-order valence-corrected chi connectivity index (χ4v) is 6.80. The average molecular weight is 618 g/mol. The number of aromatic nitrogens is 4. The lowest BCUT2D eigenvalue weighted by Crippen LogP contribution is -2.46. The number of benzene rings is 2. The van der Waals surface area contributed by atoms with Gasteiger partial charge in [0.1, 0.15) is 28.1 Å². The number of fused-ring (bicyclic) bond motifs is 1. The van der Waals surface area contributed by atoms with Crippen LogP contribution in [0.4, 0.5) is 0 Å². The van der Waals surface area contributed by atoms with Gasteiger partial charge in [-0.3, -0.25) is 14.0 Å². The summed E-state index contributed by atoms with van der Waals surface area (Å²) < 4.78 is 10.2. The van der Waals surface area contributed by atoms with E-state index in [1.165, 1.54) is 11.3 Å². The van der Waals surface area contributed by atoms with Crippen LogP contribution in [0, 0.1) is 0 Å². The highest BCUT2D eigenvalue weighted by Gasteiger charge is 2.21. The first-order chi connectivity index (χ1) is 20.9. The van der Waals surface area contributed by atoms with E-state index < -0.39 is 5.91 Å². The van der Waals surface area contributed by atoms with E-state index in [2.05, 4.69) is 45.1 Å². The van der Waals surface area contributed by atoms with Crippen LogP contribution >= 0.6 is 22.9 Å². The second-order valence-electron chi connectivity index (χ2n) is 10.9. The van der Waals surface area contributed by atoms with E-state index >= 15 is 0 Å². The molecule has 0 bridgehead atoms. The summed E-state index contributed by atoms with van der Waals surface area (Å²) in [5, 5.41) is 6.01. The SMILES string of the molecule is CCN1CCN(CCCn2cc(-c3ccc4c(c3)ncn4-c3cc(OC(C)c4ccccc4Cl)c(C(N)=O)s3)cn2)CC1. The number of nitrogens with two attached hydrogens (primary N) is 1. The highest BCUT2D eigenvalue weighted by Crippen LogP contribution is 2.37. The van der Waals surface area contributed by atoms with Crippen molar-refractivity contribution in [1.82, 2.24) is 29.1 Å². The number of ether oxygens (including phenoxy) is 1. The largest absolute Gasteiger partial charge is 0.484 e. The summed E-state index contributed by atoms with van der Waals surface area (Å²) in [5.41, 5.74) is 10.4. The van der Waals surface area contributed by atoms with Gasteiger partial charge in [0.25, 0.3) is 5.91 Å². The van der Waals surface area contributed by atoms with Crippen LogP contribution in [0.2, 0.25) is 5.02 Å². The molecule has 1 amide bonds. The molecule has 5 aromatic rings. The molecule has 11 heteroatoms. The van der Waals surface area contributed by atoms with Gasteiger partial charge in [0.2, 0.25) is 0 Å². The van der Waals surface area contributed by atoms with E-state index in [1.54, 1.807) is 6.33 Å². The van der Waals surface area contributed by atoms with Crippen LogP contribution in [0.3, 0.4) is 0 Å². The predicted octanol–water partition coefficient (Wildman–Crippen LogP) is 5.87. The Morgan fingerprint density at radius 2 is 1.86 bits per heavy atom. The van der Waals surface area contributed by atoms with Crippen molar-refractivity contribution in [2.75, 3.05) is 39.3 Å². The van der Waals surface area contributed by atoms with Gasteiger partial charge in [-0.2, -0.15) is 5.10 Å². The highest BCUT2D eigenvalue weighted by molar-refractivity contribution is 7.16. The Balaban J connectivity index is 1.15. The number of halogens is 1. The third kappa shape index (κ3) is 6.47. The Morgan fingerprint density at radius 1 is 1.07 bits per heavy atom. The van der Waals surface area contributed by atoms with Crippen molar-refractivity contribution in [3.05, 3.63) is 82.7 Å². The molecule has 1 aliphatic rings. The molecule has 4 heterocycles. The molecule has 0 spiro atoms. The minimum Gasteiger partial charge on any atom is -0.484 e. The number of rotatable bonds is 11. The monoisotopic (exact) mass is 617 g/mol. The highest BCUT2D eigenvalue weighted by atomic mass is 35.5. The molecule has 0 radical (unpaired) electrons. The smallest absolute Gasteiger partial charge is 0.262 e. The normalized spacial score (nSPS) is 15.2. The summed E-state index contributed by atoms with van der Waals surface area (Å²) in [6.45, 7) is 11.9. The van der Waals surface area contributed by atoms with E-state index in [4.69, 9.17) is 22.1 Å². The molecule has 3 aromatic heterocycles. The lowest BCUT2D eigenvalue weighted by atomic mass is 10.1. The molecule has 1 fully saturated rings. The van der Waals surface area contributed by atoms with Crippen molar-refractivity contribution >= 4 is 39.9 Å². The number of likely N-dealkylation sites (N-methyl/N-ethyl adjacent to an activating group) is 1. The number of nitrogens with zero attached hydrogens (tertiary/aromatic N) is 6. The number of imidazole rings is 1. The Hall–Kier alpha value is -3.70. The van der Waals surface area contributed by atoms with Gasteiger partial charge in [-0.25, -0.2) is 4.98 Å². The summed E-state index contributed by atoms with van der Waals surface area (Å²) in [4.78, 5) is 22.4. The number of carbonyl (C=O) groups excluding carboxylic acids is 1. The van der Waals surface area contributed by atoms with Gasteiger partial charge in [0.15, 0.2) is 0 Å². The molecular formula is C32H36ClN7O2S. The molecule has 2 aromatic carbocycles. The maximum Gasteiger partial charge on any atom is 0.262 e. The predicted molar refractivity (Wildman–Crippen MR) is 172 cm³/mol. The molecule has 0 aliphatic carbocycles. The van der Waals surface area contributed by atoms with E-state index in [0.717, 1.165) is 85.0 Å². The first kappa shape index (κ1) is 29.4. The summed E-state index contributed by atoms with van der Waals surface area (Å²) in [7, 11) is 0. The quantitative estimate of drug-likeness (QED) is 0.199. The van der Waals surface area contributed by atoms with Crippen LogP contribution in [0.15, 0.2) is 67.3 Å². The first-order valence-corrected chi connectivity index (χ1v) is 15.9. The minimum absolute atomic E-state index is 0.350. The Kier molecular flexibility index (Phi) is 8.80. The third-order valence-electron chi connectivity index (χ3n) is 8.08. The van der Waals surface area contributed by atoms with Crippen LogP contribution in [-0.4, -0.2) is 74.3 Å². The first-order valence-electron chi connectivity index (χ1n) is 14.7. The number of piperazine rings is 1. The van der Waals surface area contributed by atoms with Crippen molar-refractivity contribution in [3.8, 4) is 21.9 Å². The van der Waals surface area contributed by atoms with E-state index in [-0.39, 0.29) is 6.10 Å². The van der Waals surface area contributed by atoms with E-state index in [1.807, 2.05) is 58.8 Å². The molecule has 1 unspecified atom stereocenters. The van der Waals surface area contributed by atoms with Gasteiger partial charge in [-0.1, -0.05) is 42.8 Å². The maximum atomic E-state index is 12.3. The zero-order chi connectivity index (χ0) is 29.9. The maximum absolute atomic E-state index is 12.3. The van der Waals surface area contributed by atoms with E-state index in [9.17, 15) is 4.79 Å². The molecule has 0 saturated carbocycles. The molecular weight excluding hydrogens is 582 g/mol. The van der Waals surface area contributed by atoms with Crippen LogP contribution < -0.4 is 10.5 Å². The van der Waals surface area contributed by atoms with Crippen molar-refractivity contribution in [2.24, 2.45) is 5.73 Å². The standard InChI is InChI=1S/C32H36ClN7O2S/c1-3-37-13-15-38(16-14-37)11-6-12-39-20-24(19-36-39)23-9-10-28-27(17-23)35-21-40(28)30-18-29(31(43-30)32(34)41)42-22(2)25-7-4-5-8-26(25)33/h4-5,7-10,17-22H,3,6,11-16H2,1-2H3,(H2,34,41). The van der Waals surface area contributed by atoms with Gasteiger partial charge < -0.3 is 20.3 Å². The second kappa shape index (κ2) is 12.9. The summed E-state index contributed by atoms with van der Waals surface area (Å²) >= 11 is 7.64. The molecule has 1 atom stereocenters. The fourth-order valence-electron chi connectivity index (χ4n) is 5.59. The zero-order valence-electron chi connectivity index (χ0n) is 24.4. The Bertz CT molecular complexity index is 1720. The molecule has 6 rings (SSSR count).